The van der Waals surface area contributed by atoms with Gasteiger partial charge < -0.3 is 0 Å². The summed E-state index contributed by atoms with van der Waals surface area (Å²) in [6, 6.07) is 0. The van der Waals surface area contributed by atoms with Crippen molar-refractivity contribution in [2.75, 3.05) is 38.4 Å². The second-order valence-corrected chi connectivity index (χ2v) is 24.5. The summed E-state index contributed by atoms with van der Waals surface area (Å²) in [7, 11) is -2.31. The number of phosphoric ester groups is 1. The Labute approximate surface area is 232 Å². The molecule has 5 nitrogen and oxygen atoms in total. The molecule has 0 amide bonds. The monoisotopic (exact) mass is 615 g/mol. The molecule has 0 rings (SSSR count). The molecule has 0 aliphatic carbocycles. The predicted octanol–water partition coefficient (Wildman–Crippen LogP) is 9.72. The van der Waals surface area contributed by atoms with Gasteiger partial charge in [-0.05, 0) is 0 Å². The van der Waals surface area contributed by atoms with Crippen molar-refractivity contribution in [3.63, 3.8) is 0 Å². The molecule has 0 aromatic carbocycles. The molecule has 2 atom stereocenters. The van der Waals surface area contributed by atoms with E-state index in [2.05, 4.69) is 24.1 Å². The van der Waals surface area contributed by atoms with Crippen LogP contribution in [0.3, 0.4) is 0 Å². The van der Waals surface area contributed by atoms with Crippen molar-refractivity contribution in [1.29, 1.82) is 0 Å². The average Bonchev–Trinajstić information content (AvgIpc) is 2.80. The number of phosphoric acid groups is 1. The molecule has 1 radical (unpaired) electrons. The number of methoxy groups -OCH3 is 1. The average molecular weight is 616 g/mol. The number of unbranched alkanes of at least 4 members (excludes halogenated alkanes) is 15. The molecule has 0 heterocycles. The standard InChI is InChI=1S/C28H61AsO5PS/c1-6-7-8-9-10-11-12-13-14-15-16-17-18-19-20-21-24-36-27-28(25-32-5)26-34-35(30,31)33-23-22-29(2,3)4/h28H,6-27H2,1-5H3,(H,30,31). The van der Waals surface area contributed by atoms with Crippen molar-refractivity contribution in [2.24, 2.45) is 5.92 Å². The Kier molecular flexibility index (Phi) is 25.7. The van der Waals surface area contributed by atoms with Crippen LogP contribution in [0.4, 0.5) is 0 Å². The Bertz CT molecular complexity index is 519. The molecule has 0 aliphatic heterocycles. The number of ether oxygens (including phenoxy) is 1. The van der Waals surface area contributed by atoms with Gasteiger partial charge in [-0.1, -0.05) is 96.8 Å². The summed E-state index contributed by atoms with van der Waals surface area (Å²) < 4.78 is 27.8. The quantitative estimate of drug-likeness (QED) is 0.0537. The Morgan fingerprint density at radius 1 is 0.750 bits per heavy atom. The summed E-state index contributed by atoms with van der Waals surface area (Å²) in [6.45, 7) is 3.31. The molecule has 0 spiro atoms. The number of hydrogen-bond acceptors (Lipinski definition) is 5. The first-order chi connectivity index (χ1) is 17.2. The van der Waals surface area contributed by atoms with Gasteiger partial charge in [-0.3, -0.25) is 0 Å². The Morgan fingerprint density at radius 2 is 1.22 bits per heavy atom. The van der Waals surface area contributed by atoms with Crippen LogP contribution in [-0.2, 0) is 18.3 Å². The van der Waals surface area contributed by atoms with E-state index < -0.39 is 21.4 Å². The van der Waals surface area contributed by atoms with Gasteiger partial charge in [-0.2, -0.15) is 0 Å². The minimum absolute atomic E-state index is 0.101. The van der Waals surface area contributed by atoms with Crippen molar-refractivity contribution in [3.8, 4) is 0 Å². The molecule has 0 saturated heterocycles. The molecule has 0 bridgehead atoms. The van der Waals surface area contributed by atoms with Crippen LogP contribution < -0.4 is 0 Å². The van der Waals surface area contributed by atoms with E-state index in [1.54, 1.807) is 7.11 Å². The Morgan fingerprint density at radius 3 is 1.67 bits per heavy atom. The summed E-state index contributed by atoms with van der Waals surface area (Å²) in [5.41, 5.74) is 6.74. The maximum absolute atomic E-state index is 12.1. The fraction of sp³-hybridized carbons (Fsp3) is 1.00. The minimum atomic E-state index is -3.97. The van der Waals surface area contributed by atoms with Gasteiger partial charge in [0.05, 0.1) is 0 Å². The zero-order chi connectivity index (χ0) is 27.0. The van der Waals surface area contributed by atoms with Crippen molar-refractivity contribution in [1.82, 2.24) is 0 Å². The first-order valence-electron chi connectivity index (χ1n) is 14.7. The SMILES string of the molecule is CCCCCCCCCCCCCCCCCCSCC(COC)COP(=O)(O)OCC[As](C)(C)C. The van der Waals surface area contributed by atoms with Gasteiger partial charge in [0.1, 0.15) is 0 Å². The van der Waals surface area contributed by atoms with Crippen LogP contribution >= 0.6 is 19.6 Å². The third-order valence-electron chi connectivity index (χ3n) is 6.39. The second kappa shape index (κ2) is 25.0. The summed E-state index contributed by atoms with van der Waals surface area (Å²) in [5, 5.41) is 0.878. The molecule has 219 valence electrons. The third kappa shape index (κ3) is 28.0. The molecular weight excluding hydrogens is 554 g/mol. The summed E-state index contributed by atoms with van der Waals surface area (Å²) in [5.74, 6) is 2.11. The molecule has 0 fully saturated rings. The number of rotatable bonds is 28. The van der Waals surface area contributed by atoms with Crippen molar-refractivity contribution in [2.45, 2.75) is 132 Å². The van der Waals surface area contributed by atoms with Gasteiger partial charge in [0.15, 0.2) is 0 Å². The van der Waals surface area contributed by atoms with E-state index in [1.807, 2.05) is 11.8 Å². The molecular formula is C28H61AsO5PS. The Balaban J connectivity index is 3.59. The first-order valence-corrected chi connectivity index (χ1v) is 24.3. The van der Waals surface area contributed by atoms with E-state index in [1.165, 1.54) is 103 Å². The van der Waals surface area contributed by atoms with Gasteiger partial charge in [0, 0.05) is 0 Å². The fourth-order valence-electron chi connectivity index (χ4n) is 4.05. The molecule has 0 aromatic heterocycles. The topological polar surface area (TPSA) is 65.0 Å². The molecule has 0 aliphatic rings. The maximum atomic E-state index is 12.1. The van der Waals surface area contributed by atoms with E-state index in [0.29, 0.717) is 13.2 Å². The van der Waals surface area contributed by atoms with Crippen LogP contribution in [0, 0.1) is 5.92 Å². The van der Waals surface area contributed by atoms with Gasteiger partial charge in [0.25, 0.3) is 0 Å². The normalized spacial score (nSPS) is 14.7. The van der Waals surface area contributed by atoms with Crippen LogP contribution in [0.1, 0.15) is 110 Å². The van der Waals surface area contributed by atoms with Gasteiger partial charge in [-0.15, -0.1) is 0 Å². The van der Waals surface area contributed by atoms with Crippen molar-refractivity contribution < 1.29 is 23.2 Å². The van der Waals surface area contributed by atoms with E-state index in [-0.39, 0.29) is 12.5 Å². The van der Waals surface area contributed by atoms with E-state index in [9.17, 15) is 9.46 Å². The third-order valence-corrected chi connectivity index (χ3v) is 11.9. The number of thioether (sulfide) groups is 1. The van der Waals surface area contributed by atoms with Crippen LogP contribution in [-0.4, -0.2) is 56.9 Å². The van der Waals surface area contributed by atoms with Gasteiger partial charge in [-0.25, -0.2) is 0 Å². The summed E-state index contributed by atoms with van der Waals surface area (Å²) in [4.78, 5) is 9.94. The predicted molar refractivity (Wildman–Crippen MR) is 162 cm³/mol. The summed E-state index contributed by atoms with van der Waals surface area (Å²) in [6.07, 6.45) is 22.3. The zero-order valence-electron chi connectivity index (χ0n) is 24.5. The van der Waals surface area contributed by atoms with E-state index in [0.717, 1.165) is 16.7 Å². The molecule has 36 heavy (non-hydrogen) atoms. The second-order valence-electron chi connectivity index (χ2n) is 11.3. The van der Waals surface area contributed by atoms with Crippen molar-refractivity contribution >= 4 is 33.1 Å². The van der Waals surface area contributed by atoms with Crippen LogP contribution in [0.15, 0.2) is 0 Å². The van der Waals surface area contributed by atoms with Gasteiger partial charge in [0.2, 0.25) is 0 Å². The molecule has 2 unspecified atom stereocenters. The summed E-state index contributed by atoms with van der Waals surface area (Å²) >= 11 is 0.270. The molecule has 8 heteroatoms. The Hall–Kier alpha value is 0.978. The van der Waals surface area contributed by atoms with Crippen LogP contribution in [0.2, 0.25) is 22.3 Å². The fourth-order valence-corrected chi connectivity index (χ4v) is 7.60. The zero-order valence-corrected chi connectivity index (χ0v) is 28.1. The van der Waals surface area contributed by atoms with Gasteiger partial charge >= 0.3 is 136 Å². The van der Waals surface area contributed by atoms with Crippen molar-refractivity contribution in [3.05, 3.63) is 0 Å². The molecule has 1 N–H and O–H groups in total. The molecule has 0 saturated carbocycles. The first kappa shape index (κ1) is 37.0. The number of hydrogen-bond donors (Lipinski definition) is 1. The molecule has 0 aromatic rings. The van der Waals surface area contributed by atoms with Crippen LogP contribution in [0.25, 0.3) is 0 Å². The van der Waals surface area contributed by atoms with Crippen LogP contribution in [0.5, 0.6) is 0 Å². The van der Waals surface area contributed by atoms with E-state index >= 15 is 0 Å². The van der Waals surface area contributed by atoms with E-state index in [4.69, 9.17) is 13.8 Å².